The molecule has 0 unspecified atom stereocenters. The Morgan fingerprint density at radius 3 is 2.55 bits per heavy atom. The number of imide groups is 1. The van der Waals surface area contributed by atoms with Crippen molar-refractivity contribution in [2.75, 3.05) is 6.61 Å². The van der Waals surface area contributed by atoms with Gasteiger partial charge in [0.05, 0.1) is 30.2 Å². The van der Waals surface area contributed by atoms with Crippen LogP contribution in [-0.4, -0.2) is 45.6 Å². The first kappa shape index (κ1) is 26.9. The summed E-state index contributed by atoms with van der Waals surface area (Å²) in [6.07, 6.45) is 11.1. The second kappa shape index (κ2) is 11.3. The molecule has 1 aromatic carbocycles. The first-order valence-corrected chi connectivity index (χ1v) is 15.0. The van der Waals surface area contributed by atoms with E-state index in [0.717, 1.165) is 48.9 Å². The minimum absolute atomic E-state index is 0.0216. The van der Waals surface area contributed by atoms with E-state index < -0.39 is 0 Å². The lowest BCUT2D eigenvalue weighted by Crippen LogP contribution is -2.42. The van der Waals surface area contributed by atoms with Gasteiger partial charge < -0.3 is 9.84 Å². The fraction of sp³-hybridized carbons (Fsp3) is 0.500. The van der Waals surface area contributed by atoms with E-state index in [-0.39, 0.29) is 47.5 Å². The molecule has 0 radical (unpaired) electrons. The topological polar surface area (TPSA) is 79.7 Å². The van der Waals surface area contributed by atoms with E-state index in [4.69, 9.17) is 4.74 Å². The second-order valence-electron chi connectivity index (χ2n) is 12.2. The standard InChI is InChI=1S/C34H40N2O4/c1-21(2)25-19-26-32(34(39)36(33(26)38)24-11-4-3-5-12-24)27-20-40-30(31(25)27)16-15-22(28-13-8-9-17-35-28)18-23-10-6-7-14-29(23)37/h6-10,13-14,17-18,21,24,26-27,30,32,37H,3-5,11-12,15-16,19-20H2,1-2H3/b22-18-/t26-,27+,30-,32-/m1/s1. The Kier molecular flexibility index (Phi) is 7.63. The third-order valence-electron chi connectivity index (χ3n) is 9.55. The molecule has 40 heavy (non-hydrogen) atoms. The number of pyridine rings is 1. The maximum atomic E-state index is 13.8. The van der Waals surface area contributed by atoms with Crippen LogP contribution in [0.1, 0.15) is 76.5 Å². The van der Waals surface area contributed by atoms with Gasteiger partial charge in [0, 0.05) is 23.7 Å². The van der Waals surface area contributed by atoms with Gasteiger partial charge in [0.2, 0.25) is 11.8 Å². The van der Waals surface area contributed by atoms with Crippen molar-refractivity contribution in [2.24, 2.45) is 23.7 Å². The van der Waals surface area contributed by atoms with Crippen molar-refractivity contribution in [3.8, 4) is 5.75 Å². The summed E-state index contributed by atoms with van der Waals surface area (Å²) in [6, 6.07) is 13.3. The van der Waals surface area contributed by atoms with Crippen molar-refractivity contribution in [2.45, 2.75) is 77.4 Å². The zero-order valence-electron chi connectivity index (χ0n) is 23.6. The Bertz CT molecular complexity index is 1320. The molecule has 210 valence electrons. The molecule has 1 saturated carbocycles. The number of likely N-dealkylation sites (tertiary alicyclic amines) is 1. The molecule has 0 bridgehead atoms. The van der Waals surface area contributed by atoms with Crippen molar-refractivity contribution in [3.05, 3.63) is 71.1 Å². The van der Waals surface area contributed by atoms with E-state index in [9.17, 15) is 14.7 Å². The highest BCUT2D eigenvalue weighted by Gasteiger charge is 2.58. The summed E-state index contributed by atoms with van der Waals surface area (Å²) in [5, 5.41) is 10.4. The molecule has 6 heteroatoms. The van der Waals surface area contributed by atoms with Gasteiger partial charge in [0.1, 0.15) is 5.75 Å². The molecule has 4 aliphatic rings. The number of carbonyl (C=O) groups excluding carboxylic acids is 2. The van der Waals surface area contributed by atoms with Crippen LogP contribution >= 0.6 is 0 Å². The predicted molar refractivity (Wildman–Crippen MR) is 155 cm³/mol. The lowest BCUT2D eigenvalue weighted by molar-refractivity contribution is -0.143. The molecule has 2 aliphatic carbocycles. The summed E-state index contributed by atoms with van der Waals surface area (Å²) in [4.78, 5) is 33.8. The van der Waals surface area contributed by atoms with Crippen LogP contribution in [0.15, 0.2) is 59.8 Å². The van der Waals surface area contributed by atoms with Crippen molar-refractivity contribution in [1.82, 2.24) is 9.88 Å². The quantitative estimate of drug-likeness (QED) is 0.324. The highest BCUT2D eigenvalue weighted by Crippen LogP contribution is 2.52. The largest absolute Gasteiger partial charge is 0.507 e. The van der Waals surface area contributed by atoms with Crippen LogP contribution in [0.3, 0.4) is 0 Å². The highest BCUT2D eigenvalue weighted by atomic mass is 16.5. The van der Waals surface area contributed by atoms with Gasteiger partial charge in [-0.05, 0) is 73.4 Å². The Hall–Kier alpha value is -3.25. The number of benzene rings is 1. The van der Waals surface area contributed by atoms with Gasteiger partial charge >= 0.3 is 0 Å². The highest BCUT2D eigenvalue weighted by molar-refractivity contribution is 6.06. The van der Waals surface area contributed by atoms with Crippen molar-refractivity contribution in [3.63, 3.8) is 0 Å². The molecule has 2 aromatic rings. The van der Waals surface area contributed by atoms with Gasteiger partial charge in [-0.25, -0.2) is 0 Å². The molecule has 3 fully saturated rings. The number of amides is 2. The van der Waals surface area contributed by atoms with Crippen LogP contribution in [-0.2, 0) is 14.3 Å². The maximum Gasteiger partial charge on any atom is 0.234 e. The fourth-order valence-corrected chi connectivity index (χ4v) is 7.59. The number of phenolic OH excluding ortho intramolecular Hbond substituents is 1. The number of aromatic hydroxyl groups is 1. The average Bonchev–Trinajstić information content (AvgIpc) is 3.50. The van der Waals surface area contributed by atoms with Gasteiger partial charge in [-0.2, -0.15) is 0 Å². The molecule has 4 atom stereocenters. The lowest BCUT2D eigenvalue weighted by atomic mass is 9.67. The van der Waals surface area contributed by atoms with Crippen LogP contribution in [0.2, 0.25) is 0 Å². The molecule has 1 aromatic heterocycles. The maximum absolute atomic E-state index is 13.8. The molecule has 2 amide bonds. The van der Waals surface area contributed by atoms with Crippen LogP contribution in [0.4, 0.5) is 0 Å². The third kappa shape index (κ3) is 4.91. The van der Waals surface area contributed by atoms with Gasteiger partial charge in [-0.15, -0.1) is 0 Å². The summed E-state index contributed by atoms with van der Waals surface area (Å²) in [5.41, 5.74) is 5.25. The second-order valence-corrected chi connectivity index (χ2v) is 12.2. The van der Waals surface area contributed by atoms with Gasteiger partial charge in [0.25, 0.3) is 0 Å². The SMILES string of the molecule is CC(C)C1=C2[C@@H](CC/C(=C/c3ccccc3O)c3ccccn3)OC[C@@H]2[C@@H]2C(=O)N(C3CCCCC3)C(=O)[C@@H]2C1. The Morgan fingerprint density at radius 1 is 1.05 bits per heavy atom. The number of allylic oxidation sites excluding steroid dienone is 2. The summed E-state index contributed by atoms with van der Waals surface area (Å²) >= 11 is 0. The normalized spacial score (nSPS) is 27.5. The number of nitrogens with zero attached hydrogens (tertiary/aromatic N) is 2. The van der Waals surface area contributed by atoms with Gasteiger partial charge in [0.15, 0.2) is 0 Å². The smallest absolute Gasteiger partial charge is 0.234 e. The number of hydrogen-bond donors (Lipinski definition) is 1. The Morgan fingerprint density at radius 2 is 1.82 bits per heavy atom. The van der Waals surface area contributed by atoms with Gasteiger partial charge in [-0.1, -0.05) is 62.9 Å². The Balaban J connectivity index is 1.27. The first-order valence-electron chi connectivity index (χ1n) is 15.0. The monoisotopic (exact) mass is 540 g/mol. The molecule has 6 rings (SSSR count). The molecular formula is C34H40N2O4. The van der Waals surface area contributed by atoms with Crippen molar-refractivity contribution >= 4 is 23.5 Å². The number of fused-ring (bicyclic) bond motifs is 3. The summed E-state index contributed by atoms with van der Waals surface area (Å²) < 4.78 is 6.48. The van der Waals surface area contributed by atoms with E-state index in [1.807, 2.05) is 42.5 Å². The van der Waals surface area contributed by atoms with Gasteiger partial charge in [-0.3, -0.25) is 19.5 Å². The first-order chi connectivity index (χ1) is 19.4. The molecule has 1 N–H and O–H groups in total. The number of phenols is 1. The minimum atomic E-state index is -0.288. The molecular weight excluding hydrogens is 500 g/mol. The number of carbonyl (C=O) groups is 2. The van der Waals surface area contributed by atoms with E-state index >= 15 is 0 Å². The van der Waals surface area contributed by atoms with Crippen LogP contribution in [0.5, 0.6) is 5.75 Å². The zero-order valence-corrected chi connectivity index (χ0v) is 23.6. The van der Waals surface area contributed by atoms with Crippen molar-refractivity contribution in [1.29, 1.82) is 0 Å². The van der Waals surface area contributed by atoms with E-state index in [1.54, 1.807) is 17.2 Å². The summed E-state index contributed by atoms with van der Waals surface area (Å²) in [7, 11) is 0. The fourth-order valence-electron chi connectivity index (χ4n) is 7.59. The predicted octanol–water partition coefficient (Wildman–Crippen LogP) is 6.41. The molecule has 2 aliphatic heterocycles. The van der Waals surface area contributed by atoms with Crippen LogP contribution < -0.4 is 0 Å². The molecule has 2 saturated heterocycles. The zero-order chi connectivity index (χ0) is 27.8. The molecule has 0 spiro atoms. The third-order valence-corrected chi connectivity index (χ3v) is 9.55. The van der Waals surface area contributed by atoms with E-state index in [2.05, 4.69) is 18.8 Å². The lowest BCUT2D eigenvalue weighted by Gasteiger charge is -2.33. The summed E-state index contributed by atoms with van der Waals surface area (Å²) in [5.74, 6) is 0.0868. The Labute approximate surface area is 237 Å². The summed E-state index contributed by atoms with van der Waals surface area (Å²) in [6.45, 7) is 4.90. The van der Waals surface area contributed by atoms with Crippen molar-refractivity contribution < 1.29 is 19.4 Å². The number of hydrogen-bond acceptors (Lipinski definition) is 5. The number of ether oxygens (including phenoxy) is 1. The number of rotatable bonds is 7. The minimum Gasteiger partial charge on any atom is -0.507 e. The molecule has 3 heterocycles. The number of aromatic nitrogens is 1. The van der Waals surface area contributed by atoms with E-state index in [0.29, 0.717) is 25.4 Å². The van der Waals surface area contributed by atoms with E-state index in [1.165, 1.54) is 17.6 Å². The van der Waals surface area contributed by atoms with Crippen LogP contribution in [0, 0.1) is 23.7 Å². The van der Waals surface area contributed by atoms with Crippen LogP contribution in [0.25, 0.3) is 11.6 Å². The number of para-hydroxylation sites is 1. The average molecular weight is 541 g/mol. The molecule has 6 nitrogen and oxygen atoms in total.